The van der Waals surface area contributed by atoms with Crippen LogP contribution in [0.15, 0.2) is 78.9 Å². The number of nitrogens with zero attached hydrogens (tertiary/aromatic N) is 1. The van der Waals surface area contributed by atoms with Crippen molar-refractivity contribution >= 4 is 11.9 Å². The van der Waals surface area contributed by atoms with Crippen LogP contribution in [0.5, 0.6) is 17.2 Å². The third kappa shape index (κ3) is 10.4. The smallest absolute Gasteiger partial charge is 0.426 e. The Hall–Kier alpha value is -5.31. The van der Waals surface area contributed by atoms with Gasteiger partial charge in [-0.1, -0.05) is 37.5 Å². The Morgan fingerprint density at radius 2 is 1.11 bits per heavy atom. The topological polar surface area (TPSA) is 85.6 Å². The number of benzene rings is 4. The highest BCUT2D eigenvalue weighted by Crippen LogP contribution is 2.32. The van der Waals surface area contributed by atoms with Crippen LogP contribution in [0.1, 0.15) is 50.5 Å². The van der Waals surface area contributed by atoms with Crippen LogP contribution < -0.4 is 14.2 Å². The van der Waals surface area contributed by atoms with E-state index < -0.39 is 41.5 Å². The second-order valence-corrected chi connectivity index (χ2v) is 10.4. The summed E-state index contributed by atoms with van der Waals surface area (Å²) in [6.07, 6.45) is -1.80. The van der Waals surface area contributed by atoms with Crippen molar-refractivity contribution < 1.29 is 50.1 Å². The number of alkyl halides is 3. The molecule has 0 heterocycles. The summed E-state index contributed by atoms with van der Waals surface area (Å²) in [6, 6.07) is 18.5. The fourth-order valence-electron chi connectivity index (χ4n) is 4.62. The van der Waals surface area contributed by atoms with Crippen LogP contribution in [0, 0.1) is 28.8 Å². The van der Waals surface area contributed by atoms with Gasteiger partial charge >= 0.3 is 18.3 Å². The van der Waals surface area contributed by atoms with Gasteiger partial charge in [-0.3, -0.25) is 9.59 Å². The van der Waals surface area contributed by atoms with Gasteiger partial charge in [0.05, 0.1) is 11.6 Å². The molecule has 0 bridgehead atoms. The van der Waals surface area contributed by atoms with Gasteiger partial charge < -0.3 is 14.2 Å². The van der Waals surface area contributed by atoms with Crippen LogP contribution in [0.2, 0.25) is 0 Å². The lowest BCUT2D eigenvalue weighted by Gasteiger charge is -2.11. The molecule has 0 aliphatic heterocycles. The lowest BCUT2D eigenvalue weighted by Crippen LogP contribution is -2.17. The van der Waals surface area contributed by atoms with Gasteiger partial charge in [0, 0.05) is 36.1 Å². The van der Waals surface area contributed by atoms with Crippen LogP contribution in [0.4, 0.5) is 26.3 Å². The van der Waals surface area contributed by atoms with Crippen molar-refractivity contribution in [3.63, 3.8) is 0 Å². The maximum atomic E-state index is 14.6. The molecular weight excluding hydrogens is 628 g/mol. The molecule has 0 unspecified atom stereocenters. The Bertz CT molecular complexity index is 1770. The van der Waals surface area contributed by atoms with Crippen LogP contribution in [0.25, 0.3) is 22.3 Å². The van der Waals surface area contributed by atoms with E-state index in [2.05, 4.69) is 4.74 Å². The van der Waals surface area contributed by atoms with E-state index in [9.17, 15) is 35.9 Å². The molecule has 47 heavy (non-hydrogen) atoms. The van der Waals surface area contributed by atoms with Crippen LogP contribution in [0.3, 0.4) is 0 Å². The molecule has 0 atom stereocenters. The monoisotopic (exact) mass is 655 g/mol. The number of carbonyl (C=O) groups is 2. The molecule has 4 rings (SSSR count). The largest absolute Gasteiger partial charge is 0.573 e. The molecule has 0 aromatic heterocycles. The minimum atomic E-state index is -5.08. The van der Waals surface area contributed by atoms with Gasteiger partial charge in [0.2, 0.25) is 0 Å². The number of hydrogen-bond acceptors (Lipinski definition) is 6. The predicted molar refractivity (Wildman–Crippen MR) is 159 cm³/mol. The summed E-state index contributed by atoms with van der Waals surface area (Å²) in [6.45, 7) is 0. The van der Waals surface area contributed by atoms with Crippen LogP contribution in [-0.2, 0) is 9.59 Å². The van der Waals surface area contributed by atoms with Crippen LogP contribution in [-0.4, -0.2) is 18.3 Å². The number of carbonyl (C=O) groups excluding carboxylic acids is 2. The molecule has 4 aromatic rings. The minimum Gasteiger partial charge on any atom is -0.426 e. The summed E-state index contributed by atoms with van der Waals surface area (Å²) >= 11 is 0. The standard InChI is InChI=1S/C35H27F6NO5/c36-29-19-25(13-15-27(29)23-10-8-22(21-42)9-11-23)45-33(43)6-4-2-1-3-5-7-34(44)46-26-14-16-28(30(37)20-26)24-12-17-32(31(38)18-24)47-35(39,40)41/h8-20H,1-7H2. The Morgan fingerprint density at radius 3 is 1.57 bits per heavy atom. The fourth-order valence-corrected chi connectivity index (χ4v) is 4.62. The van der Waals surface area contributed by atoms with E-state index in [0.717, 1.165) is 30.7 Å². The SMILES string of the molecule is N#Cc1ccc(-c2ccc(OC(=O)CCCCCCCC(=O)Oc3ccc(-c4ccc(OC(F)(F)F)c(F)c4)c(F)c3)cc2F)cc1. The number of rotatable bonds is 13. The first kappa shape index (κ1) is 34.6. The van der Waals surface area contributed by atoms with Crippen molar-refractivity contribution in [1.29, 1.82) is 5.26 Å². The second kappa shape index (κ2) is 15.8. The summed E-state index contributed by atoms with van der Waals surface area (Å²) in [5.41, 5.74) is 1.20. The lowest BCUT2D eigenvalue weighted by atomic mass is 10.0. The van der Waals surface area contributed by atoms with E-state index in [1.807, 2.05) is 6.07 Å². The highest BCUT2D eigenvalue weighted by molar-refractivity contribution is 5.74. The Morgan fingerprint density at radius 1 is 0.617 bits per heavy atom. The molecule has 244 valence electrons. The first-order valence-corrected chi connectivity index (χ1v) is 14.5. The molecule has 0 spiro atoms. The molecular formula is C35H27F6NO5. The number of halogens is 6. The first-order valence-electron chi connectivity index (χ1n) is 14.5. The van der Waals surface area contributed by atoms with E-state index in [-0.39, 0.29) is 35.5 Å². The summed E-state index contributed by atoms with van der Waals surface area (Å²) in [4.78, 5) is 24.4. The van der Waals surface area contributed by atoms with Crippen LogP contribution >= 0.6 is 0 Å². The zero-order chi connectivity index (χ0) is 34.0. The zero-order valence-corrected chi connectivity index (χ0v) is 24.7. The molecule has 4 aromatic carbocycles. The Kier molecular flexibility index (Phi) is 11.6. The van der Waals surface area contributed by atoms with Crippen molar-refractivity contribution in [3.8, 4) is 45.6 Å². The third-order valence-corrected chi connectivity index (χ3v) is 6.90. The molecule has 0 radical (unpaired) electrons. The summed E-state index contributed by atoms with van der Waals surface area (Å²) in [5.74, 6) is -4.92. The average molecular weight is 656 g/mol. The number of ether oxygens (including phenoxy) is 3. The van der Waals surface area contributed by atoms with Gasteiger partial charge in [-0.05, 0) is 72.5 Å². The third-order valence-electron chi connectivity index (χ3n) is 6.90. The average Bonchev–Trinajstić information content (AvgIpc) is 3.01. The number of nitriles is 1. The Balaban J connectivity index is 1.13. The normalized spacial score (nSPS) is 11.1. The molecule has 0 aliphatic carbocycles. The maximum Gasteiger partial charge on any atom is 0.573 e. The van der Waals surface area contributed by atoms with Crippen molar-refractivity contribution in [2.24, 2.45) is 0 Å². The number of hydrogen-bond donors (Lipinski definition) is 0. The van der Waals surface area contributed by atoms with Gasteiger partial charge in [0.1, 0.15) is 23.1 Å². The molecule has 0 amide bonds. The molecule has 12 heteroatoms. The van der Waals surface area contributed by atoms with Crippen molar-refractivity contribution in [1.82, 2.24) is 0 Å². The Labute approximate surface area is 266 Å². The maximum absolute atomic E-state index is 14.6. The highest BCUT2D eigenvalue weighted by atomic mass is 19.4. The van der Waals surface area contributed by atoms with Crippen molar-refractivity contribution in [2.45, 2.75) is 51.3 Å². The highest BCUT2D eigenvalue weighted by Gasteiger charge is 2.32. The molecule has 0 N–H and O–H groups in total. The summed E-state index contributed by atoms with van der Waals surface area (Å²) < 4.78 is 94.2. The zero-order valence-electron chi connectivity index (χ0n) is 24.7. The molecule has 0 saturated carbocycles. The fraction of sp³-hybridized carbons (Fsp3) is 0.229. The first-order chi connectivity index (χ1) is 22.4. The minimum absolute atomic E-state index is 0.0377. The van der Waals surface area contributed by atoms with Gasteiger partial charge in [-0.25, -0.2) is 13.2 Å². The van der Waals surface area contributed by atoms with Crippen molar-refractivity contribution in [2.75, 3.05) is 0 Å². The van der Waals surface area contributed by atoms with E-state index in [1.54, 1.807) is 24.3 Å². The molecule has 0 saturated heterocycles. The molecule has 0 fully saturated rings. The van der Waals surface area contributed by atoms with E-state index in [4.69, 9.17) is 14.7 Å². The van der Waals surface area contributed by atoms with E-state index in [1.165, 1.54) is 24.3 Å². The summed E-state index contributed by atoms with van der Waals surface area (Å²) in [7, 11) is 0. The van der Waals surface area contributed by atoms with Gasteiger partial charge in [-0.15, -0.1) is 13.2 Å². The van der Waals surface area contributed by atoms with Gasteiger partial charge in [0.25, 0.3) is 0 Å². The van der Waals surface area contributed by atoms with E-state index in [0.29, 0.717) is 48.4 Å². The quantitative estimate of drug-likeness (QED) is 0.0618. The van der Waals surface area contributed by atoms with E-state index >= 15 is 0 Å². The predicted octanol–water partition coefficient (Wildman–Crippen LogP) is 9.45. The van der Waals surface area contributed by atoms with Gasteiger partial charge in [0.15, 0.2) is 11.6 Å². The number of unbranched alkanes of at least 4 members (excludes halogenated alkanes) is 4. The number of esters is 2. The second-order valence-electron chi connectivity index (χ2n) is 10.4. The van der Waals surface area contributed by atoms with Gasteiger partial charge in [-0.2, -0.15) is 5.26 Å². The van der Waals surface area contributed by atoms with Crippen molar-refractivity contribution in [3.05, 3.63) is 102 Å². The molecule has 0 aliphatic rings. The molecule has 6 nitrogen and oxygen atoms in total. The lowest BCUT2D eigenvalue weighted by molar-refractivity contribution is -0.275. The summed E-state index contributed by atoms with van der Waals surface area (Å²) in [5, 5.41) is 8.90.